The molecule has 3 atom stereocenters. The van der Waals surface area contributed by atoms with Crippen LogP contribution >= 0.6 is 0 Å². The molecule has 2 saturated carbocycles. The fraction of sp³-hybridized carbons (Fsp3) is 0.846. The summed E-state index contributed by atoms with van der Waals surface area (Å²) in [4.78, 5) is 25.1. The molecule has 0 aromatic rings. The highest BCUT2D eigenvalue weighted by atomic mass is 16.4. The van der Waals surface area contributed by atoms with Gasteiger partial charge in [0, 0.05) is 19.0 Å². The first-order valence-corrected chi connectivity index (χ1v) is 6.53. The zero-order chi connectivity index (χ0) is 12.2. The van der Waals surface area contributed by atoms with Crippen LogP contribution in [0.25, 0.3) is 0 Å². The van der Waals surface area contributed by atoms with Crippen LogP contribution < -0.4 is 0 Å². The fourth-order valence-electron chi connectivity index (χ4n) is 3.34. The fourth-order valence-corrected chi connectivity index (χ4v) is 3.34. The molecular weight excluding hydrogens is 218 g/mol. The molecule has 3 fully saturated rings. The second-order valence-electron chi connectivity index (χ2n) is 6.24. The van der Waals surface area contributed by atoms with Gasteiger partial charge in [-0.2, -0.15) is 0 Å². The maximum atomic E-state index is 12.3. The number of likely N-dealkylation sites (tertiary alicyclic amines) is 1. The van der Waals surface area contributed by atoms with Gasteiger partial charge in [0.15, 0.2) is 0 Å². The monoisotopic (exact) mass is 237 g/mol. The van der Waals surface area contributed by atoms with Crippen LogP contribution in [0.3, 0.4) is 0 Å². The average Bonchev–Trinajstić information content (AvgIpc) is 3.18. The third-order valence-corrected chi connectivity index (χ3v) is 4.70. The molecule has 3 rings (SSSR count). The largest absolute Gasteiger partial charge is 0.481 e. The number of carboxylic acid groups (broad SMARTS) is 1. The van der Waals surface area contributed by atoms with E-state index in [2.05, 4.69) is 0 Å². The van der Waals surface area contributed by atoms with Crippen LogP contribution in [0.1, 0.15) is 32.6 Å². The normalized spacial score (nSPS) is 37.9. The van der Waals surface area contributed by atoms with E-state index in [1.54, 1.807) is 0 Å². The zero-order valence-corrected chi connectivity index (χ0v) is 10.2. The molecule has 17 heavy (non-hydrogen) atoms. The Morgan fingerprint density at radius 1 is 1.29 bits per heavy atom. The van der Waals surface area contributed by atoms with Crippen LogP contribution in [0.5, 0.6) is 0 Å². The molecule has 0 aromatic carbocycles. The van der Waals surface area contributed by atoms with E-state index in [4.69, 9.17) is 5.11 Å². The van der Waals surface area contributed by atoms with Gasteiger partial charge in [0.25, 0.3) is 0 Å². The molecule has 1 spiro atoms. The minimum absolute atomic E-state index is 0.223. The van der Waals surface area contributed by atoms with Crippen molar-refractivity contribution in [1.29, 1.82) is 0 Å². The summed E-state index contributed by atoms with van der Waals surface area (Å²) in [5.41, 5.74) is 0.372. The topological polar surface area (TPSA) is 57.6 Å². The van der Waals surface area contributed by atoms with Crippen molar-refractivity contribution in [1.82, 2.24) is 4.90 Å². The van der Waals surface area contributed by atoms with E-state index in [9.17, 15) is 9.59 Å². The Hall–Kier alpha value is -1.06. The molecule has 1 amide bonds. The summed E-state index contributed by atoms with van der Waals surface area (Å²) in [5.74, 6) is -0.367. The number of rotatable bonds is 2. The van der Waals surface area contributed by atoms with Crippen molar-refractivity contribution >= 4 is 11.9 Å². The second kappa shape index (κ2) is 3.47. The lowest BCUT2D eigenvalue weighted by Crippen LogP contribution is -2.46. The average molecular weight is 237 g/mol. The molecule has 0 aromatic heterocycles. The SMILES string of the molecule is CC1CC(C(=O)O)CN(C(=O)C2CC23CC3)C1. The first kappa shape index (κ1) is 11.1. The van der Waals surface area contributed by atoms with Crippen molar-refractivity contribution < 1.29 is 14.7 Å². The Labute approximate surface area is 101 Å². The number of carboxylic acids is 1. The Balaban J connectivity index is 1.65. The number of hydrogen-bond acceptors (Lipinski definition) is 2. The van der Waals surface area contributed by atoms with E-state index in [1.165, 1.54) is 12.8 Å². The van der Waals surface area contributed by atoms with Crippen LogP contribution in [0.2, 0.25) is 0 Å². The first-order chi connectivity index (χ1) is 8.02. The summed E-state index contributed by atoms with van der Waals surface area (Å²) in [6.07, 6.45) is 4.16. The summed E-state index contributed by atoms with van der Waals surface area (Å²) in [7, 11) is 0. The second-order valence-corrected chi connectivity index (χ2v) is 6.24. The molecule has 4 heteroatoms. The lowest BCUT2D eigenvalue weighted by Gasteiger charge is -2.35. The van der Waals surface area contributed by atoms with Crippen molar-refractivity contribution in [2.24, 2.45) is 23.2 Å². The van der Waals surface area contributed by atoms with E-state index in [-0.39, 0.29) is 17.7 Å². The summed E-state index contributed by atoms with van der Waals surface area (Å²) in [5, 5.41) is 9.09. The van der Waals surface area contributed by atoms with Gasteiger partial charge in [-0.1, -0.05) is 6.92 Å². The molecule has 0 bridgehead atoms. The highest BCUT2D eigenvalue weighted by Crippen LogP contribution is 2.71. The lowest BCUT2D eigenvalue weighted by molar-refractivity contribution is -0.147. The van der Waals surface area contributed by atoms with Crippen LogP contribution in [0, 0.1) is 23.2 Å². The first-order valence-electron chi connectivity index (χ1n) is 6.53. The van der Waals surface area contributed by atoms with Crippen molar-refractivity contribution in [3.05, 3.63) is 0 Å². The van der Waals surface area contributed by atoms with Crippen LogP contribution in [-0.2, 0) is 9.59 Å². The number of hydrogen-bond donors (Lipinski definition) is 1. The van der Waals surface area contributed by atoms with Crippen LogP contribution in [0.15, 0.2) is 0 Å². The van der Waals surface area contributed by atoms with E-state index < -0.39 is 5.97 Å². The predicted molar refractivity (Wildman–Crippen MR) is 61.3 cm³/mol. The molecule has 3 unspecified atom stereocenters. The molecule has 1 N–H and O–H groups in total. The molecule has 3 aliphatic rings. The summed E-state index contributed by atoms with van der Waals surface area (Å²) >= 11 is 0. The number of carbonyl (C=O) groups excluding carboxylic acids is 1. The van der Waals surface area contributed by atoms with Crippen LogP contribution in [0.4, 0.5) is 0 Å². The highest BCUT2D eigenvalue weighted by molar-refractivity contribution is 5.84. The van der Waals surface area contributed by atoms with Gasteiger partial charge in [0.2, 0.25) is 5.91 Å². The minimum Gasteiger partial charge on any atom is -0.481 e. The smallest absolute Gasteiger partial charge is 0.308 e. The maximum absolute atomic E-state index is 12.3. The molecule has 2 aliphatic carbocycles. The van der Waals surface area contributed by atoms with E-state index in [0.29, 0.717) is 24.3 Å². The summed E-state index contributed by atoms with van der Waals surface area (Å²) in [6.45, 7) is 3.20. The molecule has 94 valence electrons. The Kier molecular flexibility index (Phi) is 2.25. The van der Waals surface area contributed by atoms with Crippen molar-refractivity contribution in [2.75, 3.05) is 13.1 Å². The van der Waals surface area contributed by atoms with Crippen LogP contribution in [-0.4, -0.2) is 35.0 Å². The van der Waals surface area contributed by atoms with Crippen molar-refractivity contribution in [2.45, 2.75) is 32.6 Å². The zero-order valence-electron chi connectivity index (χ0n) is 10.2. The Morgan fingerprint density at radius 2 is 2.00 bits per heavy atom. The highest BCUT2D eigenvalue weighted by Gasteiger charge is 2.66. The maximum Gasteiger partial charge on any atom is 0.308 e. The standard InChI is InChI=1S/C13H19NO3/c1-8-4-9(12(16)17)7-14(6-8)11(15)10-5-13(10)2-3-13/h8-10H,2-7H2,1H3,(H,16,17). The Bertz CT molecular complexity index is 375. The molecule has 1 aliphatic heterocycles. The van der Waals surface area contributed by atoms with Gasteiger partial charge >= 0.3 is 5.97 Å². The van der Waals surface area contributed by atoms with Gasteiger partial charge in [-0.25, -0.2) is 0 Å². The van der Waals surface area contributed by atoms with E-state index in [0.717, 1.165) is 13.0 Å². The third-order valence-electron chi connectivity index (χ3n) is 4.70. The number of aliphatic carboxylic acids is 1. The van der Waals surface area contributed by atoms with Gasteiger partial charge in [-0.05, 0) is 37.0 Å². The van der Waals surface area contributed by atoms with Crippen molar-refractivity contribution in [3.63, 3.8) is 0 Å². The predicted octanol–water partition coefficient (Wildman–Crippen LogP) is 1.36. The number of piperidine rings is 1. The molecule has 0 radical (unpaired) electrons. The number of nitrogens with zero attached hydrogens (tertiary/aromatic N) is 1. The van der Waals surface area contributed by atoms with Gasteiger partial charge in [0.05, 0.1) is 5.92 Å². The molecule has 1 saturated heterocycles. The molecular formula is C13H19NO3. The summed E-state index contributed by atoms with van der Waals surface area (Å²) in [6, 6.07) is 0. The number of amides is 1. The third kappa shape index (κ3) is 1.83. The number of carbonyl (C=O) groups is 2. The van der Waals surface area contributed by atoms with Gasteiger partial charge in [-0.15, -0.1) is 0 Å². The van der Waals surface area contributed by atoms with Gasteiger partial charge in [0.1, 0.15) is 0 Å². The van der Waals surface area contributed by atoms with Gasteiger partial charge in [-0.3, -0.25) is 9.59 Å². The quantitative estimate of drug-likeness (QED) is 0.788. The van der Waals surface area contributed by atoms with E-state index in [1.807, 2.05) is 11.8 Å². The molecule has 4 nitrogen and oxygen atoms in total. The van der Waals surface area contributed by atoms with E-state index >= 15 is 0 Å². The molecule has 1 heterocycles. The minimum atomic E-state index is -0.758. The summed E-state index contributed by atoms with van der Waals surface area (Å²) < 4.78 is 0. The lowest BCUT2D eigenvalue weighted by atomic mass is 9.90. The Morgan fingerprint density at radius 3 is 2.53 bits per heavy atom. The van der Waals surface area contributed by atoms with Crippen molar-refractivity contribution in [3.8, 4) is 0 Å². The van der Waals surface area contributed by atoms with Gasteiger partial charge < -0.3 is 10.0 Å².